The Kier molecular flexibility index (Phi) is 3.99. The smallest absolute Gasteiger partial charge is 0.0913 e. The normalized spacial score (nSPS) is 11.8. The summed E-state index contributed by atoms with van der Waals surface area (Å²) in [5.41, 5.74) is 1.39. The van der Waals surface area contributed by atoms with Gasteiger partial charge in [-0.1, -0.05) is 46.3 Å². The van der Waals surface area contributed by atoms with Gasteiger partial charge in [0.25, 0.3) is 0 Å². The Labute approximate surface area is 114 Å². The minimum atomic E-state index is -1.16. The van der Waals surface area contributed by atoms with E-state index in [1.807, 2.05) is 36.4 Å². The lowest BCUT2D eigenvalue weighted by atomic mass is 10.1. The molecule has 92 valence electrons. The van der Waals surface area contributed by atoms with Crippen LogP contribution in [0, 0.1) is 0 Å². The first kappa shape index (κ1) is 12.6. The second-order valence-electron chi connectivity index (χ2n) is 3.82. The number of anilines is 1. The van der Waals surface area contributed by atoms with E-state index in [0.29, 0.717) is 5.56 Å². The van der Waals surface area contributed by atoms with Crippen LogP contribution in [0.15, 0.2) is 59.1 Å². The Bertz CT molecular complexity index is 543. The van der Waals surface area contributed by atoms with Gasteiger partial charge in [0.2, 0.25) is 0 Å². The second kappa shape index (κ2) is 5.69. The van der Waals surface area contributed by atoms with Gasteiger partial charge >= 0.3 is 0 Å². The molecule has 0 saturated carbocycles. The van der Waals surface area contributed by atoms with Crippen LogP contribution in [0.2, 0.25) is 0 Å². The largest absolute Gasteiger partial charge is 0.548 e. The van der Waals surface area contributed by atoms with E-state index in [9.17, 15) is 9.90 Å². The molecule has 0 aliphatic rings. The van der Waals surface area contributed by atoms with Gasteiger partial charge < -0.3 is 15.2 Å². The number of hydrogen-bond donors (Lipinski definition) is 1. The molecule has 0 aliphatic carbocycles. The number of carbonyl (C=O) groups is 1. The van der Waals surface area contributed by atoms with Gasteiger partial charge in [-0.3, -0.25) is 0 Å². The average Bonchev–Trinajstić information content (AvgIpc) is 2.37. The van der Waals surface area contributed by atoms with Crippen LogP contribution in [0.25, 0.3) is 0 Å². The van der Waals surface area contributed by atoms with Gasteiger partial charge in [-0.15, -0.1) is 0 Å². The SMILES string of the molecule is O=C([O-])C(Nc1ccccc1)c1cccc(Br)c1. The van der Waals surface area contributed by atoms with Crippen LogP contribution in [-0.2, 0) is 4.79 Å². The first-order valence-electron chi connectivity index (χ1n) is 5.45. The lowest BCUT2D eigenvalue weighted by Crippen LogP contribution is -2.34. The fourth-order valence-electron chi connectivity index (χ4n) is 1.67. The highest BCUT2D eigenvalue weighted by atomic mass is 79.9. The summed E-state index contributed by atoms with van der Waals surface area (Å²) < 4.78 is 0.834. The van der Waals surface area contributed by atoms with E-state index in [2.05, 4.69) is 21.2 Å². The third kappa shape index (κ3) is 3.11. The Morgan fingerprint density at radius 2 is 1.83 bits per heavy atom. The zero-order valence-corrected chi connectivity index (χ0v) is 11.1. The maximum Gasteiger partial charge on any atom is 0.0913 e. The molecule has 2 rings (SSSR count). The van der Waals surface area contributed by atoms with Crippen LogP contribution in [0.4, 0.5) is 5.69 Å². The van der Waals surface area contributed by atoms with Gasteiger partial charge in [-0.2, -0.15) is 0 Å². The van der Waals surface area contributed by atoms with Gasteiger partial charge in [0, 0.05) is 10.2 Å². The summed E-state index contributed by atoms with van der Waals surface area (Å²) >= 11 is 3.32. The van der Waals surface area contributed by atoms with E-state index >= 15 is 0 Å². The Hall–Kier alpha value is -1.81. The zero-order valence-electron chi connectivity index (χ0n) is 9.47. The average molecular weight is 305 g/mol. The van der Waals surface area contributed by atoms with Crippen LogP contribution in [0.1, 0.15) is 11.6 Å². The first-order chi connectivity index (χ1) is 8.66. The number of halogens is 1. The molecule has 0 bridgehead atoms. The lowest BCUT2D eigenvalue weighted by Gasteiger charge is -2.21. The standard InChI is InChI=1S/C14H12BrNO2/c15-11-6-4-5-10(9-11)13(14(17)18)16-12-7-2-1-3-8-12/h1-9,13,16H,(H,17,18)/p-1. The molecule has 0 spiro atoms. The first-order valence-corrected chi connectivity index (χ1v) is 6.24. The second-order valence-corrected chi connectivity index (χ2v) is 4.73. The number of carboxylic acid groups (broad SMARTS) is 1. The molecule has 3 nitrogen and oxygen atoms in total. The van der Waals surface area contributed by atoms with Crippen molar-refractivity contribution >= 4 is 27.6 Å². The number of carbonyl (C=O) groups excluding carboxylic acids is 1. The van der Waals surface area contributed by atoms with Crippen molar-refractivity contribution in [3.8, 4) is 0 Å². The maximum atomic E-state index is 11.2. The molecule has 1 N–H and O–H groups in total. The molecule has 2 aromatic rings. The fourth-order valence-corrected chi connectivity index (χ4v) is 2.08. The lowest BCUT2D eigenvalue weighted by molar-refractivity contribution is -0.307. The summed E-state index contributed by atoms with van der Waals surface area (Å²) in [7, 11) is 0. The van der Waals surface area contributed by atoms with Gasteiger partial charge in [-0.05, 0) is 29.8 Å². The molecular weight excluding hydrogens is 294 g/mol. The van der Waals surface area contributed by atoms with Crippen LogP contribution in [-0.4, -0.2) is 5.97 Å². The van der Waals surface area contributed by atoms with E-state index in [1.54, 1.807) is 18.2 Å². The molecule has 0 heterocycles. The molecule has 18 heavy (non-hydrogen) atoms. The van der Waals surface area contributed by atoms with Crippen LogP contribution < -0.4 is 10.4 Å². The highest BCUT2D eigenvalue weighted by Crippen LogP contribution is 2.22. The van der Waals surface area contributed by atoms with Gasteiger partial charge in [-0.25, -0.2) is 0 Å². The molecule has 1 unspecified atom stereocenters. The van der Waals surface area contributed by atoms with Crippen molar-refractivity contribution in [1.82, 2.24) is 0 Å². The fraction of sp³-hybridized carbons (Fsp3) is 0.0714. The number of nitrogens with one attached hydrogen (secondary N) is 1. The van der Waals surface area contributed by atoms with Crippen LogP contribution >= 0.6 is 15.9 Å². The highest BCUT2D eigenvalue weighted by Gasteiger charge is 2.12. The van der Waals surface area contributed by atoms with Gasteiger partial charge in [0.05, 0.1) is 12.0 Å². The van der Waals surface area contributed by atoms with Crippen molar-refractivity contribution in [2.24, 2.45) is 0 Å². The Morgan fingerprint density at radius 3 is 2.44 bits per heavy atom. The van der Waals surface area contributed by atoms with E-state index in [4.69, 9.17) is 0 Å². The van der Waals surface area contributed by atoms with Crippen molar-refractivity contribution in [3.63, 3.8) is 0 Å². The number of para-hydroxylation sites is 1. The quantitative estimate of drug-likeness (QED) is 0.943. The molecular formula is C14H11BrNO2-. The molecule has 0 fully saturated rings. The predicted octanol–water partition coefficient (Wildman–Crippen LogP) is 2.35. The highest BCUT2D eigenvalue weighted by molar-refractivity contribution is 9.10. The summed E-state index contributed by atoms with van der Waals surface area (Å²) in [4.78, 5) is 11.2. The molecule has 0 aliphatic heterocycles. The minimum Gasteiger partial charge on any atom is -0.548 e. The number of rotatable bonds is 4. The summed E-state index contributed by atoms with van der Waals surface area (Å²) in [5.74, 6) is -1.16. The van der Waals surface area contributed by atoms with Crippen molar-refractivity contribution in [3.05, 3.63) is 64.6 Å². The molecule has 0 saturated heterocycles. The maximum absolute atomic E-state index is 11.2. The third-order valence-corrected chi connectivity index (χ3v) is 3.00. The zero-order chi connectivity index (χ0) is 13.0. The van der Waals surface area contributed by atoms with Gasteiger partial charge in [0.1, 0.15) is 0 Å². The topological polar surface area (TPSA) is 52.2 Å². The summed E-state index contributed by atoms with van der Waals surface area (Å²) in [5, 5.41) is 14.2. The number of benzene rings is 2. The molecule has 1 atom stereocenters. The van der Waals surface area contributed by atoms with Crippen molar-refractivity contribution in [2.45, 2.75) is 6.04 Å². The van der Waals surface area contributed by atoms with Crippen LogP contribution in [0.5, 0.6) is 0 Å². The number of carboxylic acids is 1. The molecule has 2 aromatic carbocycles. The number of aliphatic carboxylic acids is 1. The van der Waals surface area contributed by atoms with Gasteiger partial charge in [0.15, 0.2) is 0 Å². The Morgan fingerprint density at radius 1 is 1.11 bits per heavy atom. The van der Waals surface area contributed by atoms with E-state index < -0.39 is 12.0 Å². The monoisotopic (exact) mass is 304 g/mol. The molecule has 0 amide bonds. The van der Waals surface area contributed by atoms with E-state index in [0.717, 1.165) is 10.2 Å². The van der Waals surface area contributed by atoms with Crippen molar-refractivity contribution in [2.75, 3.05) is 5.32 Å². The predicted molar refractivity (Wildman–Crippen MR) is 72.0 cm³/mol. The molecule has 0 aromatic heterocycles. The minimum absolute atomic E-state index is 0.647. The van der Waals surface area contributed by atoms with E-state index in [1.165, 1.54) is 0 Å². The summed E-state index contributed by atoms with van der Waals surface area (Å²) in [6.45, 7) is 0. The Balaban J connectivity index is 2.27. The number of hydrogen-bond acceptors (Lipinski definition) is 3. The molecule has 4 heteroatoms. The third-order valence-electron chi connectivity index (χ3n) is 2.50. The van der Waals surface area contributed by atoms with Crippen LogP contribution in [0.3, 0.4) is 0 Å². The molecule has 0 radical (unpaired) electrons. The van der Waals surface area contributed by atoms with E-state index in [-0.39, 0.29) is 0 Å². The summed E-state index contributed by atoms with van der Waals surface area (Å²) in [6, 6.07) is 15.5. The van der Waals surface area contributed by atoms with Crippen molar-refractivity contribution in [1.29, 1.82) is 0 Å². The van der Waals surface area contributed by atoms with Crippen molar-refractivity contribution < 1.29 is 9.90 Å². The summed E-state index contributed by atoms with van der Waals surface area (Å²) in [6.07, 6.45) is 0.